The van der Waals surface area contributed by atoms with Crippen molar-refractivity contribution in [3.63, 3.8) is 0 Å². The van der Waals surface area contributed by atoms with Gasteiger partial charge in [0.2, 0.25) is 5.91 Å². The molecule has 0 bridgehead atoms. The van der Waals surface area contributed by atoms with Gasteiger partial charge in [0.15, 0.2) is 0 Å². The fourth-order valence-electron chi connectivity index (χ4n) is 1.29. The molecule has 104 valence electrons. The molecule has 0 radical (unpaired) electrons. The van der Waals surface area contributed by atoms with Crippen LogP contribution in [0.25, 0.3) is 0 Å². The van der Waals surface area contributed by atoms with Gasteiger partial charge in [-0.3, -0.25) is 4.79 Å². The zero-order valence-electron chi connectivity index (χ0n) is 10.2. The summed E-state index contributed by atoms with van der Waals surface area (Å²) in [5, 5.41) is 12.9. The predicted octanol–water partition coefficient (Wildman–Crippen LogP) is -0.387. The van der Waals surface area contributed by atoms with Crippen molar-refractivity contribution in [2.45, 2.75) is 19.0 Å². The van der Waals surface area contributed by atoms with Gasteiger partial charge >= 0.3 is 12.0 Å². The molecule has 0 aliphatic heterocycles. The normalized spacial score (nSPS) is 11.6. The van der Waals surface area contributed by atoms with Crippen LogP contribution in [0.3, 0.4) is 0 Å². The van der Waals surface area contributed by atoms with E-state index in [0.717, 1.165) is 0 Å². The number of aromatic nitrogens is 1. The van der Waals surface area contributed by atoms with E-state index in [1.165, 1.54) is 23.3 Å². The summed E-state index contributed by atoms with van der Waals surface area (Å²) in [6, 6.07) is -1.94. The summed E-state index contributed by atoms with van der Waals surface area (Å²) in [5.41, 5.74) is 7.25. The number of carboxylic acid groups (broad SMARTS) is 1. The van der Waals surface area contributed by atoms with Crippen LogP contribution in [-0.4, -0.2) is 46.0 Å². The molecule has 3 amide bonds. The Morgan fingerprint density at radius 1 is 1.58 bits per heavy atom. The Morgan fingerprint density at radius 3 is 2.74 bits per heavy atom. The number of nitrogens with zero attached hydrogens (tertiary/aromatic N) is 2. The number of urea groups is 1. The highest BCUT2D eigenvalue weighted by molar-refractivity contribution is 7.07. The van der Waals surface area contributed by atoms with E-state index >= 15 is 0 Å². The van der Waals surface area contributed by atoms with Gasteiger partial charge in [-0.15, -0.1) is 11.3 Å². The van der Waals surface area contributed by atoms with E-state index in [4.69, 9.17) is 10.8 Å². The average molecular weight is 286 g/mol. The lowest BCUT2D eigenvalue weighted by Crippen LogP contribution is -2.48. The van der Waals surface area contributed by atoms with Crippen LogP contribution >= 0.6 is 11.3 Å². The van der Waals surface area contributed by atoms with Gasteiger partial charge in [-0.2, -0.15) is 0 Å². The van der Waals surface area contributed by atoms with Crippen molar-refractivity contribution in [2.24, 2.45) is 5.73 Å². The minimum absolute atomic E-state index is 0.248. The lowest BCUT2D eigenvalue weighted by Gasteiger charge is -2.20. The summed E-state index contributed by atoms with van der Waals surface area (Å²) in [6.07, 6.45) is -0.453. The molecule has 1 heterocycles. The molecule has 4 N–H and O–H groups in total. The number of carbonyl (C=O) groups excluding carboxylic acids is 2. The highest BCUT2D eigenvalue weighted by atomic mass is 32.1. The topological polar surface area (TPSA) is 126 Å². The number of aliphatic carboxylic acids is 1. The third-order valence-corrected chi connectivity index (χ3v) is 2.87. The zero-order valence-corrected chi connectivity index (χ0v) is 11.0. The highest BCUT2D eigenvalue weighted by Gasteiger charge is 2.23. The zero-order chi connectivity index (χ0) is 14.4. The smallest absolute Gasteiger partial charge is 0.326 e. The number of nitrogens with two attached hydrogens (primary N) is 1. The van der Waals surface area contributed by atoms with E-state index in [-0.39, 0.29) is 6.54 Å². The van der Waals surface area contributed by atoms with E-state index in [2.05, 4.69) is 10.3 Å². The molecule has 0 unspecified atom stereocenters. The van der Waals surface area contributed by atoms with Gasteiger partial charge in [-0.25, -0.2) is 14.6 Å². The van der Waals surface area contributed by atoms with Crippen LogP contribution in [-0.2, 0) is 16.1 Å². The molecule has 0 saturated heterocycles. The number of thiazole rings is 1. The molecule has 1 aromatic rings. The average Bonchev–Trinajstić information content (AvgIpc) is 2.79. The van der Waals surface area contributed by atoms with Crippen LogP contribution in [0.2, 0.25) is 0 Å². The molecule has 19 heavy (non-hydrogen) atoms. The monoisotopic (exact) mass is 286 g/mol. The standard InChI is InChI=1S/C10H14N4O4S/c1-14(3-6-4-19-5-12-6)10(18)13-7(9(16)17)2-8(11)15/h4-5,7H,2-3H2,1H3,(H2,11,15)(H,13,18)(H,16,17)/t7-/m0/s1. The maximum Gasteiger partial charge on any atom is 0.326 e. The minimum Gasteiger partial charge on any atom is -0.480 e. The SMILES string of the molecule is CN(Cc1cscn1)C(=O)N[C@@H](CC(N)=O)C(=O)O. The van der Waals surface area contributed by atoms with Gasteiger partial charge in [0.05, 0.1) is 24.2 Å². The molecule has 0 aromatic carbocycles. The molecule has 8 nitrogen and oxygen atoms in total. The largest absolute Gasteiger partial charge is 0.480 e. The maximum atomic E-state index is 11.7. The summed E-state index contributed by atoms with van der Waals surface area (Å²) >= 11 is 1.40. The van der Waals surface area contributed by atoms with E-state index in [0.29, 0.717) is 5.69 Å². The highest BCUT2D eigenvalue weighted by Crippen LogP contribution is 2.04. The predicted molar refractivity (Wildman–Crippen MR) is 67.3 cm³/mol. The Kier molecular flexibility index (Phi) is 5.24. The van der Waals surface area contributed by atoms with Crippen molar-refractivity contribution in [1.29, 1.82) is 0 Å². The fourth-order valence-corrected chi connectivity index (χ4v) is 1.84. The Labute approximate surface area is 113 Å². The van der Waals surface area contributed by atoms with Crippen LogP contribution in [0, 0.1) is 0 Å². The summed E-state index contributed by atoms with van der Waals surface area (Å²) in [7, 11) is 1.50. The first-order valence-electron chi connectivity index (χ1n) is 5.30. The van der Waals surface area contributed by atoms with Crippen molar-refractivity contribution in [3.05, 3.63) is 16.6 Å². The van der Waals surface area contributed by atoms with Crippen molar-refractivity contribution in [2.75, 3.05) is 7.05 Å². The third-order valence-electron chi connectivity index (χ3n) is 2.23. The summed E-state index contributed by atoms with van der Waals surface area (Å²) in [4.78, 5) is 38.6. The third kappa shape index (κ3) is 4.92. The molecule has 0 aliphatic rings. The summed E-state index contributed by atoms with van der Waals surface area (Å²) in [6.45, 7) is 0.248. The van der Waals surface area contributed by atoms with Crippen LogP contribution < -0.4 is 11.1 Å². The van der Waals surface area contributed by atoms with Gasteiger partial charge < -0.3 is 21.1 Å². The first-order valence-corrected chi connectivity index (χ1v) is 6.24. The number of hydrogen-bond acceptors (Lipinski definition) is 5. The second-order valence-corrected chi connectivity index (χ2v) is 4.57. The van der Waals surface area contributed by atoms with Crippen molar-refractivity contribution in [1.82, 2.24) is 15.2 Å². The number of hydrogen-bond donors (Lipinski definition) is 3. The molecule has 0 aliphatic carbocycles. The van der Waals surface area contributed by atoms with E-state index < -0.39 is 30.4 Å². The maximum absolute atomic E-state index is 11.7. The number of amides is 3. The van der Waals surface area contributed by atoms with Crippen LogP contribution in [0.4, 0.5) is 4.79 Å². The van der Waals surface area contributed by atoms with Gasteiger partial charge in [0.25, 0.3) is 0 Å². The summed E-state index contributed by atoms with van der Waals surface area (Å²) in [5.74, 6) is -2.11. The molecule has 9 heteroatoms. The number of carbonyl (C=O) groups is 3. The van der Waals surface area contributed by atoms with Gasteiger partial charge in [0, 0.05) is 12.4 Å². The molecule has 1 aromatic heterocycles. The minimum atomic E-state index is -1.33. The molecule has 0 spiro atoms. The van der Waals surface area contributed by atoms with Gasteiger partial charge in [-0.1, -0.05) is 0 Å². The Morgan fingerprint density at radius 2 is 2.26 bits per heavy atom. The number of nitrogens with one attached hydrogen (secondary N) is 1. The van der Waals surface area contributed by atoms with Crippen LogP contribution in [0.1, 0.15) is 12.1 Å². The number of rotatable bonds is 6. The van der Waals surface area contributed by atoms with E-state index in [1.807, 2.05) is 0 Å². The van der Waals surface area contributed by atoms with Gasteiger partial charge in [-0.05, 0) is 0 Å². The lowest BCUT2D eigenvalue weighted by atomic mass is 10.2. The lowest BCUT2D eigenvalue weighted by molar-refractivity contribution is -0.140. The molecule has 1 rings (SSSR count). The Balaban J connectivity index is 2.56. The first kappa shape index (κ1) is 14.9. The van der Waals surface area contributed by atoms with Gasteiger partial charge in [0.1, 0.15) is 6.04 Å². The first-order chi connectivity index (χ1) is 8.90. The second-order valence-electron chi connectivity index (χ2n) is 3.85. The van der Waals surface area contributed by atoms with Crippen LogP contribution in [0.15, 0.2) is 10.9 Å². The van der Waals surface area contributed by atoms with Crippen molar-refractivity contribution in [3.8, 4) is 0 Å². The molecule has 0 saturated carbocycles. The molecular formula is C10H14N4O4S. The van der Waals surface area contributed by atoms with Crippen LogP contribution in [0.5, 0.6) is 0 Å². The number of carboxylic acids is 1. The van der Waals surface area contributed by atoms with E-state index in [9.17, 15) is 14.4 Å². The molecule has 1 atom stereocenters. The number of primary amides is 1. The van der Waals surface area contributed by atoms with E-state index in [1.54, 1.807) is 10.9 Å². The van der Waals surface area contributed by atoms with Crippen molar-refractivity contribution >= 4 is 29.2 Å². The Hall–Kier alpha value is -2.16. The second kappa shape index (κ2) is 6.69. The quantitative estimate of drug-likeness (QED) is 0.656. The van der Waals surface area contributed by atoms with Crippen molar-refractivity contribution < 1.29 is 19.5 Å². The molecule has 0 fully saturated rings. The Bertz CT molecular complexity index is 462. The molecular weight excluding hydrogens is 272 g/mol. The fraction of sp³-hybridized carbons (Fsp3) is 0.400. The summed E-state index contributed by atoms with van der Waals surface area (Å²) < 4.78 is 0.